The molecule has 1 aliphatic rings. The summed E-state index contributed by atoms with van der Waals surface area (Å²) in [5.74, 6) is 0.0808. The average molecular weight is 303 g/mol. The minimum Gasteiger partial charge on any atom is -0.325 e. The summed E-state index contributed by atoms with van der Waals surface area (Å²) in [6.45, 7) is 11.1. The van der Waals surface area contributed by atoms with Crippen molar-refractivity contribution in [3.05, 3.63) is 29.8 Å². The Balaban J connectivity index is 1.92. The van der Waals surface area contributed by atoms with Crippen molar-refractivity contribution in [2.24, 2.45) is 5.41 Å². The van der Waals surface area contributed by atoms with Gasteiger partial charge >= 0.3 is 0 Å². The van der Waals surface area contributed by atoms with Gasteiger partial charge in [0.1, 0.15) is 0 Å². The van der Waals surface area contributed by atoms with Crippen molar-refractivity contribution >= 4 is 11.6 Å². The lowest BCUT2D eigenvalue weighted by Gasteiger charge is -2.31. The second-order valence-corrected chi connectivity index (χ2v) is 6.81. The average Bonchev–Trinajstić information content (AvgIpc) is 2.88. The second-order valence-electron chi connectivity index (χ2n) is 6.81. The SMILES string of the molecule is CCCN(CC(=O)Nc1ccccc1C)CC1(C)CCNC1. The van der Waals surface area contributed by atoms with E-state index in [1.165, 1.54) is 6.42 Å². The Labute approximate surface area is 134 Å². The number of hydrogen-bond acceptors (Lipinski definition) is 3. The fourth-order valence-electron chi connectivity index (χ4n) is 3.18. The molecule has 4 nitrogen and oxygen atoms in total. The predicted molar refractivity (Wildman–Crippen MR) is 92.1 cm³/mol. The normalized spacial score (nSPS) is 21.3. The first-order valence-electron chi connectivity index (χ1n) is 8.31. The second kappa shape index (κ2) is 7.75. The molecule has 1 saturated heterocycles. The third-order valence-corrected chi connectivity index (χ3v) is 4.39. The van der Waals surface area contributed by atoms with Gasteiger partial charge in [-0.25, -0.2) is 0 Å². The highest BCUT2D eigenvalue weighted by Crippen LogP contribution is 2.25. The van der Waals surface area contributed by atoms with Crippen LogP contribution in [0, 0.1) is 12.3 Å². The molecular weight excluding hydrogens is 274 g/mol. The lowest BCUT2D eigenvalue weighted by molar-refractivity contribution is -0.117. The maximum Gasteiger partial charge on any atom is 0.238 e. The zero-order chi connectivity index (χ0) is 16.0. The first kappa shape index (κ1) is 17.0. The summed E-state index contributed by atoms with van der Waals surface area (Å²) >= 11 is 0. The summed E-state index contributed by atoms with van der Waals surface area (Å²) in [5, 5.41) is 6.47. The lowest BCUT2D eigenvalue weighted by atomic mass is 9.89. The van der Waals surface area contributed by atoms with E-state index in [1.54, 1.807) is 0 Å². The van der Waals surface area contributed by atoms with Gasteiger partial charge in [-0.15, -0.1) is 0 Å². The summed E-state index contributed by atoms with van der Waals surface area (Å²) in [6.07, 6.45) is 2.26. The number of aryl methyl sites for hydroxylation is 1. The van der Waals surface area contributed by atoms with Crippen LogP contribution in [-0.2, 0) is 4.79 Å². The molecule has 1 unspecified atom stereocenters. The molecule has 0 aliphatic carbocycles. The van der Waals surface area contributed by atoms with Gasteiger partial charge in [0.2, 0.25) is 5.91 Å². The number of carbonyl (C=O) groups excluding carboxylic acids is 1. The van der Waals surface area contributed by atoms with Crippen molar-refractivity contribution in [2.45, 2.75) is 33.6 Å². The third-order valence-electron chi connectivity index (χ3n) is 4.39. The van der Waals surface area contributed by atoms with Crippen LogP contribution in [0.25, 0.3) is 0 Å². The van der Waals surface area contributed by atoms with Crippen LogP contribution in [-0.4, -0.2) is 43.5 Å². The maximum absolute atomic E-state index is 12.4. The summed E-state index contributed by atoms with van der Waals surface area (Å²) in [5.41, 5.74) is 2.31. The fourth-order valence-corrected chi connectivity index (χ4v) is 3.18. The molecule has 0 bridgehead atoms. The van der Waals surface area contributed by atoms with E-state index in [0.29, 0.717) is 6.54 Å². The molecule has 22 heavy (non-hydrogen) atoms. The Morgan fingerprint density at radius 3 is 2.82 bits per heavy atom. The zero-order valence-electron chi connectivity index (χ0n) is 14.1. The molecule has 0 radical (unpaired) electrons. The molecular formula is C18H29N3O. The van der Waals surface area contributed by atoms with E-state index in [2.05, 4.69) is 29.4 Å². The van der Waals surface area contributed by atoms with E-state index < -0.39 is 0 Å². The number of carbonyl (C=O) groups is 1. The van der Waals surface area contributed by atoms with Crippen molar-refractivity contribution in [3.8, 4) is 0 Å². The Bertz CT molecular complexity index is 495. The van der Waals surface area contributed by atoms with E-state index in [0.717, 1.165) is 43.9 Å². The van der Waals surface area contributed by atoms with Crippen LogP contribution in [0.5, 0.6) is 0 Å². The molecule has 122 valence electrons. The Hall–Kier alpha value is -1.39. The van der Waals surface area contributed by atoms with Gasteiger partial charge in [-0.05, 0) is 49.9 Å². The van der Waals surface area contributed by atoms with Crippen molar-refractivity contribution in [2.75, 3.05) is 38.0 Å². The minimum absolute atomic E-state index is 0.0808. The van der Waals surface area contributed by atoms with E-state index >= 15 is 0 Å². The summed E-state index contributed by atoms with van der Waals surface area (Å²) in [4.78, 5) is 14.7. The first-order chi connectivity index (χ1) is 10.5. The van der Waals surface area contributed by atoms with E-state index in [9.17, 15) is 4.79 Å². The van der Waals surface area contributed by atoms with Gasteiger partial charge in [0.25, 0.3) is 0 Å². The number of hydrogen-bond donors (Lipinski definition) is 2. The summed E-state index contributed by atoms with van der Waals surface area (Å²) < 4.78 is 0. The summed E-state index contributed by atoms with van der Waals surface area (Å²) in [7, 11) is 0. The summed E-state index contributed by atoms with van der Waals surface area (Å²) in [6, 6.07) is 7.92. The molecule has 1 heterocycles. The smallest absolute Gasteiger partial charge is 0.238 e. The number of para-hydroxylation sites is 1. The van der Waals surface area contributed by atoms with Gasteiger partial charge in [-0.3, -0.25) is 9.69 Å². The molecule has 1 amide bonds. The molecule has 1 aromatic carbocycles. The lowest BCUT2D eigenvalue weighted by Crippen LogP contribution is -2.42. The standard InChI is InChI=1S/C18H29N3O/c1-4-11-21(14-18(3)9-10-19-13-18)12-17(22)20-16-8-6-5-7-15(16)2/h5-8,19H,4,9-14H2,1-3H3,(H,20,22). The molecule has 2 rings (SSSR count). The number of nitrogens with zero attached hydrogens (tertiary/aromatic N) is 1. The van der Waals surface area contributed by atoms with Crippen LogP contribution in [0.3, 0.4) is 0 Å². The maximum atomic E-state index is 12.4. The van der Waals surface area contributed by atoms with E-state index in [4.69, 9.17) is 0 Å². The molecule has 1 atom stereocenters. The molecule has 1 aliphatic heterocycles. The number of nitrogens with one attached hydrogen (secondary N) is 2. The molecule has 1 aromatic rings. The van der Waals surface area contributed by atoms with Gasteiger partial charge in [-0.1, -0.05) is 32.0 Å². The van der Waals surface area contributed by atoms with Crippen molar-refractivity contribution in [1.82, 2.24) is 10.2 Å². The number of anilines is 1. The molecule has 2 N–H and O–H groups in total. The highest BCUT2D eigenvalue weighted by Gasteiger charge is 2.30. The number of amides is 1. The van der Waals surface area contributed by atoms with E-state index in [-0.39, 0.29) is 11.3 Å². The van der Waals surface area contributed by atoms with Crippen LogP contribution >= 0.6 is 0 Å². The van der Waals surface area contributed by atoms with Crippen LogP contribution in [0.1, 0.15) is 32.3 Å². The topological polar surface area (TPSA) is 44.4 Å². The van der Waals surface area contributed by atoms with Gasteiger partial charge in [0.05, 0.1) is 6.54 Å². The molecule has 0 aromatic heterocycles. The Morgan fingerprint density at radius 2 is 2.18 bits per heavy atom. The largest absolute Gasteiger partial charge is 0.325 e. The quantitative estimate of drug-likeness (QED) is 0.814. The highest BCUT2D eigenvalue weighted by molar-refractivity contribution is 5.92. The van der Waals surface area contributed by atoms with Gasteiger partial charge in [0.15, 0.2) is 0 Å². The van der Waals surface area contributed by atoms with Crippen LogP contribution in [0.4, 0.5) is 5.69 Å². The van der Waals surface area contributed by atoms with Gasteiger partial charge < -0.3 is 10.6 Å². The van der Waals surface area contributed by atoms with E-state index in [1.807, 2.05) is 31.2 Å². The predicted octanol–water partition coefficient (Wildman–Crippen LogP) is 2.65. The van der Waals surface area contributed by atoms with Crippen LogP contribution < -0.4 is 10.6 Å². The van der Waals surface area contributed by atoms with Gasteiger partial charge in [-0.2, -0.15) is 0 Å². The highest BCUT2D eigenvalue weighted by atomic mass is 16.2. The molecule has 4 heteroatoms. The number of benzene rings is 1. The monoisotopic (exact) mass is 303 g/mol. The van der Waals surface area contributed by atoms with Crippen molar-refractivity contribution < 1.29 is 4.79 Å². The molecule has 1 fully saturated rings. The van der Waals surface area contributed by atoms with Crippen LogP contribution in [0.2, 0.25) is 0 Å². The van der Waals surface area contributed by atoms with Crippen molar-refractivity contribution in [1.29, 1.82) is 0 Å². The fraction of sp³-hybridized carbons (Fsp3) is 0.611. The third kappa shape index (κ3) is 4.82. The minimum atomic E-state index is 0.0808. The Morgan fingerprint density at radius 1 is 1.41 bits per heavy atom. The first-order valence-corrected chi connectivity index (χ1v) is 8.31. The zero-order valence-corrected chi connectivity index (χ0v) is 14.1. The van der Waals surface area contributed by atoms with Crippen molar-refractivity contribution in [3.63, 3.8) is 0 Å². The Kier molecular flexibility index (Phi) is 5.98. The molecule has 0 saturated carbocycles. The number of rotatable bonds is 7. The molecule has 0 spiro atoms. The van der Waals surface area contributed by atoms with Crippen LogP contribution in [0.15, 0.2) is 24.3 Å². The van der Waals surface area contributed by atoms with Gasteiger partial charge in [0, 0.05) is 18.8 Å².